The van der Waals surface area contributed by atoms with Crippen molar-refractivity contribution in [3.05, 3.63) is 104 Å². The highest BCUT2D eigenvalue weighted by molar-refractivity contribution is 5.90. The monoisotopic (exact) mass is 1160 g/mol. The van der Waals surface area contributed by atoms with Crippen molar-refractivity contribution in [2.45, 2.75) is 141 Å². The number of carboxylic acids is 1. The van der Waals surface area contributed by atoms with Gasteiger partial charge >= 0.3 is 11.9 Å². The fourth-order valence-corrected chi connectivity index (χ4v) is 13.5. The molecule has 2 aliphatic carbocycles. The van der Waals surface area contributed by atoms with Gasteiger partial charge in [0.05, 0.1) is 12.6 Å². The second kappa shape index (κ2) is 20.3. The van der Waals surface area contributed by atoms with E-state index in [0.29, 0.717) is 17.6 Å². The smallest absolute Gasteiger partial charge is 0.354 e. The Labute approximate surface area is 475 Å². The van der Waals surface area contributed by atoms with Crippen LogP contribution in [0.4, 0.5) is 0 Å². The Bertz CT molecular complexity index is 3730. The van der Waals surface area contributed by atoms with E-state index in [0.717, 1.165) is 49.5 Å². The van der Waals surface area contributed by atoms with Crippen LogP contribution in [0.15, 0.2) is 80.8 Å². The largest absolute Gasteiger partial charge is 0.507 e. The van der Waals surface area contributed by atoms with Gasteiger partial charge in [0, 0.05) is 109 Å². The molecule has 13 rings (SSSR count). The van der Waals surface area contributed by atoms with Crippen molar-refractivity contribution in [3.63, 3.8) is 0 Å². The number of H-pyrrole nitrogens is 1. The summed E-state index contributed by atoms with van der Waals surface area (Å²) in [6, 6.07) is 6.41. The van der Waals surface area contributed by atoms with E-state index in [2.05, 4.69) is 33.4 Å². The van der Waals surface area contributed by atoms with E-state index in [1.807, 2.05) is 12.0 Å². The normalized spacial score (nSPS) is 34.7. The number of aromatic nitrogens is 1. The predicted octanol–water partition coefficient (Wildman–Crippen LogP) is -0.850. The van der Waals surface area contributed by atoms with Gasteiger partial charge in [-0.15, -0.1) is 0 Å². The molecule has 442 valence electrons. The summed E-state index contributed by atoms with van der Waals surface area (Å²) in [7, 11) is 0. The summed E-state index contributed by atoms with van der Waals surface area (Å²) in [5.41, 5.74) is -10.0. The third kappa shape index (κ3) is 8.33. The zero-order valence-electron chi connectivity index (χ0n) is 44.4. The number of piperidine rings is 1. The first kappa shape index (κ1) is 56.9. The number of fused-ring (bicyclic) bond motifs is 10. The van der Waals surface area contributed by atoms with Gasteiger partial charge in [0.25, 0.3) is 11.4 Å². The van der Waals surface area contributed by atoms with Crippen LogP contribution in [0.2, 0.25) is 0 Å². The standard InChI is InChI=1S/C59H59N3O22/c63-14-8-27(26-65)24-57-48(71)50(73)59(78,79)55(83-57,52(74)75)11-3-12-56(53(76)82-57)54(77)10-2-5-28-7-13-60-37(28)21-33-20-35(32-18-36-29-4-1-6-34(17-29)62-51(36)61-25-32)43-42(81-58(33,84-56)49(72)47(54)70)23-41-44(46(43)69)38(66)22-40(80-41)31-16-30(9-15-64)45(68)39(67)19-31/h7,13-14,16,18-20,22-23,25,27,29,34-35,47-51,60-62,64-65,67-73,77-79H,1,4,6,8-10,12,15,17,21,24,26H2,(H,74,75)/t27-,29+,34-,35+,47-,48-,49-,50-,51?,54+,55-,56-,57+,58+/m1/s1. The molecule has 1 saturated carbocycles. The fourth-order valence-electron chi connectivity index (χ4n) is 13.5. The summed E-state index contributed by atoms with van der Waals surface area (Å²) < 4.78 is 32.2. The van der Waals surface area contributed by atoms with Gasteiger partial charge in [-0.25, -0.2) is 9.59 Å². The van der Waals surface area contributed by atoms with Crippen LogP contribution in [0.3, 0.4) is 0 Å². The third-order valence-electron chi connectivity index (χ3n) is 18.0. The lowest BCUT2D eigenvalue weighted by molar-refractivity contribution is -0.434. The number of hydrogen-bond donors (Lipinski definition) is 16. The number of dihydropyridines is 1. The number of aromatic amines is 1. The molecule has 84 heavy (non-hydrogen) atoms. The molecule has 9 heterocycles. The number of aliphatic carboxylic acids is 1. The van der Waals surface area contributed by atoms with Crippen LogP contribution in [0.25, 0.3) is 22.3 Å². The molecular formula is C59H59N3O22. The molecule has 14 atom stereocenters. The summed E-state index contributed by atoms with van der Waals surface area (Å²) in [6.45, 7) is -1.40. The topological polar surface area (TPSA) is 421 Å². The highest BCUT2D eigenvalue weighted by Crippen LogP contribution is 2.58. The second-order valence-electron chi connectivity index (χ2n) is 22.8. The number of nitrogens with one attached hydrogen (secondary N) is 3. The quantitative estimate of drug-likeness (QED) is 0.0230. The van der Waals surface area contributed by atoms with Crippen LogP contribution >= 0.6 is 0 Å². The predicted molar refractivity (Wildman–Crippen MR) is 284 cm³/mol. The number of phenolic OH excluding ortho intramolecular Hbond substituents is 3. The number of carbonyl (C=O) groups is 3. The highest BCUT2D eigenvalue weighted by atomic mass is 16.8. The number of ether oxygens (including phenoxy) is 4. The maximum atomic E-state index is 16.0. The van der Waals surface area contributed by atoms with Gasteiger partial charge in [0.2, 0.25) is 17.2 Å². The van der Waals surface area contributed by atoms with Crippen LogP contribution < -0.4 is 20.8 Å². The molecule has 2 spiro atoms. The minimum atomic E-state index is -4.07. The van der Waals surface area contributed by atoms with E-state index in [1.54, 1.807) is 12.3 Å². The zero-order chi connectivity index (χ0) is 59.6. The van der Waals surface area contributed by atoms with Gasteiger partial charge in [-0.1, -0.05) is 36.3 Å². The third-order valence-corrected chi connectivity index (χ3v) is 18.0. The lowest BCUT2D eigenvalue weighted by Gasteiger charge is -2.58. The van der Waals surface area contributed by atoms with Crippen molar-refractivity contribution < 1.29 is 104 Å². The molecule has 9 aliphatic rings. The molecule has 1 unspecified atom stereocenters. The minimum absolute atomic E-state index is 0.0291. The lowest BCUT2D eigenvalue weighted by atomic mass is 9.67. The Balaban J connectivity index is 1.14. The van der Waals surface area contributed by atoms with Gasteiger partial charge in [-0.3, -0.25) is 10.1 Å². The lowest BCUT2D eigenvalue weighted by Crippen LogP contribution is -2.81. The number of hydrogen-bond acceptors (Lipinski definition) is 23. The van der Waals surface area contributed by atoms with Crippen LogP contribution in [0, 0.1) is 35.5 Å². The number of allylic oxidation sites excluding steroid dienone is 3. The van der Waals surface area contributed by atoms with Gasteiger partial charge in [0.15, 0.2) is 29.1 Å². The molecule has 6 bridgehead atoms. The van der Waals surface area contributed by atoms with Crippen LogP contribution in [0.1, 0.15) is 79.7 Å². The average Bonchev–Trinajstić information content (AvgIpc) is 1.27. The number of aliphatic hydroxyl groups excluding tert-OH is 6. The maximum absolute atomic E-state index is 16.0. The van der Waals surface area contributed by atoms with E-state index < -0.39 is 167 Å². The summed E-state index contributed by atoms with van der Waals surface area (Å²) in [6.07, 6.45) is -5.63. The number of aldehydes is 1. The van der Waals surface area contributed by atoms with E-state index >= 15 is 4.79 Å². The van der Waals surface area contributed by atoms with E-state index in [9.17, 15) is 80.8 Å². The molecule has 25 heteroatoms. The average molecular weight is 1160 g/mol. The van der Waals surface area contributed by atoms with Crippen molar-refractivity contribution in [1.29, 1.82) is 0 Å². The Kier molecular flexibility index (Phi) is 13.7. The molecule has 4 fully saturated rings. The highest BCUT2D eigenvalue weighted by Gasteiger charge is 2.78. The minimum Gasteiger partial charge on any atom is -0.507 e. The number of benzene rings is 2. The first-order chi connectivity index (χ1) is 40.0. The summed E-state index contributed by atoms with van der Waals surface area (Å²) in [5, 5.41) is 158. The van der Waals surface area contributed by atoms with E-state index in [1.165, 1.54) is 18.3 Å². The summed E-state index contributed by atoms with van der Waals surface area (Å²) in [4.78, 5) is 59.2. The Morgan fingerprint density at radius 2 is 1.71 bits per heavy atom. The van der Waals surface area contributed by atoms with E-state index in [4.69, 9.17) is 23.4 Å². The number of phenols is 3. The molecule has 25 nitrogen and oxygen atoms in total. The molecular weight excluding hydrogens is 1100 g/mol. The van der Waals surface area contributed by atoms with Gasteiger partial charge in [-0.05, 0) is 72.8 Å². The second-order valence-corrected chi connectivity index (χ2v) is 22.8. The number of esters is 1. The van der Waals surface area contributed by atoms with Crippen molar-refractivity contribution in [2.24, 2.45) is 11.8 Å². The van der Waals surface area contributed by atoms with E-state index in [-0.39, 0.29) is 58.1 Å². The SMILES string of the molecule is O=CC[C@@H](CO)C[C@]12OC(=O)[C@@]3(CC#C[C@](C(=O)O)(O1)C(O)(O)[C@H](O)[C@H]2O)O[C@@]12Oc4cc5oc(-c6cc(O)c(O)c(CCO)c6)cc(=O)c5c(O)c4[C@H](C4=CNC5N[C@@H]6CCC[C@@H](C6)C5=C4)C=C1Cc1[nH]ccc1C#CC[C@]3(O)[C@H](O)[C@H]2O. The number of rotatable bonds is 10. The zero-order valence-corrected chi connectivity index (χ0v) is 44.4. The number of carboxylic acid groups (broad SMARTS) is 1. The van der Waals surface area contributed by atoms with Crippen molar-refractivity contribution in [1.82, 2.24) is 15.6 Å². The van der Waals surface area contributed by atoms with Gasteiger partial charge in [-0.2, -0.15) is 0 Å². The molecule has 2 aromatic heterocycles. The summed E-state index contributed by atoms with van der Waals surface area (Å²) >= 11 is 0. The molecule has 7 aliphatic heterocycles. The van der Waals surface area contributed by atoms with Crippen molar-refractivity contribution in [2.75, 3.05) is 13.2 Å². The Morgan fingerprint density at radius 1 is 0.917 bits per heavy atom. The van der Waals surface area contributed by atoms with Crippen LogP contribution in [-0.2, 0) is 41.4 Å². The molecule has 0 radical (unpaired) electrons. The Morgan fingerprint density at radius 3 is 2.46 bits per heavy atom. The maximum Gasteiger partial charge on any atom is 0.354 e. The fraction of sp³-hybridized carbons (Fsp3) is 0.458. The van der Waals surface area contributed by atoms with Crippen LogP contribution in [-0.4, -0.2) is 174 Å². The van der Waals surface area contributed by atoms with Gasteiger partial charge in [0.1, 0.15) is 52.3 Å². The van der Waals surface area contributed by atoms with Crippen molar-refractivity contribution >= 4 is 29.2 Å². The summed E-state index contributed by atoms with van der Waals surface area (Å²) in [5.74, 6) is -9.98. The number of aromatic hydroxyl groups is 3. The first-order valence-electron chi connectivity index (χ1n) is 27.3. The first-order valence-corrected chi connectivity index (χ1v) is 27.3. The number of carbonyl (C=O) groups excluding carboxylic acids is 2. The van der Waals surface area contributed by atoms with Crippen molar-refractivity contribution in [3.8, 4) is 58.0 Å². The molecule has 0 amide bonds. The molecule has 2 aromatic carbocycles. The number of aliphatic hydroxyl groups is 9. The van der Waals surface area contributed by atoms with Gasteiger partial charge < -0.3 is 105 Å². The molecule has 4 aromatic rings. The Hall–Kier alpha value is -7.60. The molecule has 16 N–H and O–H groups in total. The molecule has 3 saturated heterocycles. The van der Waals surface area contributed by atoms with Crippen LogP contribution in [0.5, 0.6) is 23.0 Å².